The van der Waals surface area contributed by atoms with Gasteiger partial charge in [-0.2, -0.15) is 0 Å². The zero-order chi connectivity index (χ0) is 16.3. The molecular formula is C17H28N2O2. The summed E-state index contributed by atoms with van der Waals surface area (Å²) in [4.78, 5) is 12.4. The summed E-state index contributed by atoms with van der Waals surface area (Å²) in [6.45, 7) is 13.0. The number of nitrogen functional groups attached to an aromatic ring is 1. The Bertz CT molecular complexity index is 502. The van der Waals surface area contributed by atoms with Crippen LogP contribution in [0.5, 0.6) is 5.75 Å². The first-order chi connectivity index (χ1) is 9.54. The summed E-state index contributed by atoms with van der Waals surface area (Å²) < 4.78 is 5.38. The van der Waals surface area contributed by atoms with Gasteiger partial charge in [-0.1, -0.05) is 20.8 Å². The van der Waals surface area contributed by atoms with Gasteiger partial charge in [0.1, 0.15) is 5.75 Å². The number of anilines is 1. The maximum absolute atomic E-state index is 12.4. The molecule has 21 heavy (non-hydrogen) atoms. The maximum Gasteiger partial charge on any atom is 0.251 e. The fourth-order valence-corrected chi connectivity index (χ4v) is 2.73. The van der Waals surface area contributed by atoms with E-state index in [4.69, 9.17) is 10.5 Å². The van der Waals surface area contributed by atoms with E-state index in [0.29, 0.717) is 23.6 Å². The number of benzene rings is 1. The number of carbonyl (C=O) groups excluding carboxylic acids is 1. The molecule has 118 valence electrons. The lowest BCUT2D eigenvalue weighted by atomic mass is 9.81. The molecule has 1 amide bonds. The molecule has 0 fully saturated rings. The molecule has 0 bridgehead atoms. The Balaban J connectivity index is 2.82. The van der Waals surface area contributed by atoms with Crippen molar-refractivity contribution in [3.05, 3.63) is 23.8 Å². The smallest absolute Gasteiger partial charge is 0.251 e. The van der Waals surface area contributed by atoms with Crippen LogP contribution in [0, 0.1) is 5.41 Å². The molecule has 0 heterocycles. The van der Waals surface area contributed by atoms with Gasteiger partial charge in [0.15, 0.2) is 0 Å². The van der Waals surface area contributed by atoms with Crippen LogP contribution in [0.3, 0.4) is 0 Å². The number of hydrogen-bond acceptors (Lipinski definition) is 3. The van der Waals surface area contributed by atoms with E-state index in [2.05, 4.69) is 26.1 Å². The fraction of sp³-hybridized carbons (Fsp3) is 0.588. The van der Waals surface area contributed by atoms with E-state index in [0.717, 1.165) is 6.42 Å². The lowest BCUT2D eigenvalue weighted by molar-refractivity contribution is 0.0891. The minimum absolute atomic E-state index is 0.112. The Labute approximate surface area is 128 Å². The highest BCUT2D eigenvalue weighted by Crippen LogP contribution is 2.27. The lowest BCUT2D eigenvalue weighted by Crippen LogP contribution is -2.45. The van der Waals surface area contributed by atoms with Crippen molar-refractivity contribution in [3.63, 3.8) is 0 Å². The van der Waals surface area contributed by atoms with Crippen molar-refractivity contribution in [1.29, 1.82) is 0 Å². The Morgan fingerprint density at radius 2 is 1.86 bits per heavy atom. The summed E-state index contributed by atoms with van der Waals surface area (Å²) in [5.74, 6) is 0.502. The van der Waals surface area contributed by atoms with Crippen molar-refractivity contribution in [2.75, 3.05) is 12.3 Å². The molecule has 0 aliphatic heterocycles. The van der Waals surface area contributed by atoms with Gasteiger partial charge in [-0.25, -0.2) is 0 Å². The minimum atomic E-state index is -0.275. The molecule has 0 aliphatic rings. The van der Waals surface area contributed by atoms with Crippen molar-refractivity contribution in [1.82, 2.24) is 5.32 Å². The molecule has 4 heteroatoms. The van der Waals surface area contributed by atoms with Gasteiger partial charge in [-0.3, -0.25) is 4.79 Å². The second-order valence-electron chi connectivity index (χ2n) is 7.26. The molecule has 0 saturated carbocycles. The number of nitrogens with two attached hydrogens (primary N) is 1. The standard InChI is InChI=1S/C17H28N2O2/c1-7-21-14-9-8-12(10-13(14)18)15(20)19-17(5,6)11-16(2,3)4/h8-10H,7,11,18H2,1-6H3,(H,19,20). The van der Waals surface area contributed by atoms with E-state index < -0.39 is 0 Å². The third kappa shape index (κ3) is 5.66. The minimum Gasteiger partial charge on any atom is -0.492 e. The van der Waals surface area contributed by atoms with Crippen LogP contribution in [0.4, 0.5) is 5.69 Å². The van der Waals surface area contributed by atoms with Crippen LogP contribution in [-0.2, 0) is 0 Å². The summed E-state index contributed by atoms with van der Waals surface area (Å²) in [6, 6.07) is 5.14. The van der Waals surface area contributed by atoms with E-state index in [-0.39, 0.29) is 16.9 Å². The highest BCUT2D eigenvalue weighted by Gasteiger charge is 2.27. The lowest BCUT2D eigenvalue weighted by Gasteiger charge is -2.33. The first-order valence-corrected chi connectivity index (χ1v) is 7.39. The second-order valence-corrected chi connectivity index (χ2v) is 7.26. The van der Waals surface area contributed by atoms with Gasteiger partial charge in [0.05, 0.1) is 12.3 Å². The number of rotatable bonds is 5. The van der Waals surface area contributed by atoms with E-state index in [1.54, 1.807) is 18.2 Å². The molecule has 4 nitrogen and oxygen atoms in total. The van der Waals surface area contributed by atoms with Gasteiger partial charge in [0, 0.05) is 11.1 Å². The molecule has 0 aliphatic carbocycles. The summed E-state index contributed by atoms with van der Waals surface area (Å²) >= 11 is 0. The summed E-state index contributed by atoms with van der Waals surface area (Å²) in [6.07, 6.45) is 0.887. The van der Waals surface area contributed by atoms with Crippen LogP contribution in [0.25, 0.3) is 0 Å². The average molecular weight is 292 g/mol. The van der Waals surface area contributed by atoms with Gasteiger partial charge >= 0.3 is 0 Å². The van der Waals surface area contributed by atoms with Crippen molar-refractivity contribution < 1.29 is 9.53 Å². The van der Waals surface area contributed by atoms with E-state index >= 15 is 0 Å². The monoisotopic (exact) mass is 292 g/mol. The van der Waals surface area contributed by atoms with Crippen molar-refractivity contribution in [3.8, 4) is 5.75 Å². The van der Waals surface area contributed by atoms with Crippen LogP contribution in [0.1, 0.15) is 58.3 Å². The number of carbonyl (C=O) groups is 1. The molecule has 1 rings (SSSR count). The predicted molar refractivity (Wildman–Crippen MR) is 87.6 cm³/mol. The highest BCUT2D eigenvalue weighted by atomic mass is 16.5. The predicted octanol–water partition coefficient (Wildman–Crippen LogP) is 3.61. The molecular weight excluding hydrogens is 264 g/mol. The number of hydrogen-bond donors (Lipinski definition) is 2. The average Bonchev–Trinajstić information content (AvgIpc) is 2.27. The van der Waals surface area contributed by atoms with E-state index in [1.807, 2.05) is 20.8 Å². The number of amides is 1. The van der Waals surface area contributed by atoms with Crippen molar-refractivity contribution in [2.45, 2.75) is 53.5 Å². The molecule has 0 saturated heterocycles. The van der Waals surface area contributed by atoms with Crippen LogP contribution in [0.2, 0.25) is 0 Å². The van der Waals surface area contributed by atoms with Gasteiger partial charge in [-0.05, 0) is 50.8 Å². The molecule has 0 spiro atoms. The zero-order valence-corrected chi connectivity index (χ0v) is 14.0. The molecule has 1 aromatic carbocycles. The molecule has 3 N–H and O–H groups in total. The van der Waals surface area contributed by atoms with E-state index in [9.17, 15) is 4.79 Å². The van der Waals surface area contributed by atoms with Gasteiger partial charge in [-0.15, -0.1) is 0 Å². The Hall–Kier alpha value is -1.71. The van der Waals surface area contributed by atoms with Crippen LogP contribution in [0.15, 0.2) is 18.2 Å². The fourth-order valence-electron chi connectivity index (χ4n) is 2.73. The second kappa shape index (κ2) is 6.37. The largest absolute Gasteiger partial charge is 0.492 e. The number of ether oxygens (including phenoxy) is 1. The third-order valence-electron chi connectivity index (χ3n) is 3.00. The maximum atomic E-state index is 12.4. The van der Waals surface area contributed by atoms with Gasteiger partial charge in [0.2, 0.25) is 0 Å². The zero-order valence-electron chi connectivity index (χ0n) is 14.0. The SMILES string of the molecule is CCOc1ccc(C(=O)NC(C)(C)CC(C)(C)C)cc1N. The quantitative estimate of drug-likeness (QED) is 0.815. The van der Waals surface area contributed by atoms with Crippen LogP contribution < -0.4 is 15.8 Å². The van der Waals surface area contributed by atoms with Gasteiger partial charge in [0.25, 0.3) is 5.91 Å². The van der Waals surface area contributed by atoms with Crippen LogP contribution >= 0.6 is 0 Å². The van der Waals surface area contributed by atoms with E-state index in [1.165, 1.54) is 0 Å². The molecule has 0 atom stereocenters. The molecule has 0 unspecified atom stereocenters. The highest BCUT2D eigenvalue weighted by molar-refractivity contribution is 5.95. The van der Waals surface area contributed by atoms with Crippen LogP contribution in [-0.4, -0.2) is 18.1 Å². The van der Waals surface area contributed by atoms with Gasteiger partial charge < -0.3 is 15.8 Å². The Morgan fingerprint density at radius 3 is 2.33 bits per heavy atom. The molecule has 0 radical (unpaired) electrons. The summed E-state index contributed by atoms with van der Waals surface area (Å²) in [7, 11) is 0. The first-order valence-electron chi connectivity index (χ1n) is 7.39. The molecule has 0 aromatic heterocycles. The Morgan fingerprint density at radius 1 is 1.24 bits per heavy atom. The Kier molecular flexibility index (Phi) is 5.26. The molecule has 1 aromatic rings. The summed E-state index contributed by atoms with van der Waals surface area (Å²) in [5.41, 5.74) is 6.82. The summed E-state index contributed by atoms with van der Waals surface area (Å²) in [5, 5.41) is 3.07. The first kappa shape index (κ1) is 17.3. The van der Waals surface area contributed by atoms with Crippen molar-refractivity contribution >= 4 is 11.6 Å². The van der Waals surface area contributed by atoms with Crippen molar-refractivity contribution in [2.24, 2.45) is 5.41 Å². The third-order valence-corrected chi connectivity index (χ3v) is 3.00. The number of nitrogens with one attached hydrogen (secondary N) is 1. The topological polar surface area (TPSA) is 64.3 Å². The normalized spacial score (nSPS) is 12.1.